The zero-order valence-electron chi connectivity index (χ0n) is 19.8. The topological polar surface area (TPSA) is 123 Å². The molecule has 11 heteroatoms. The molecule has 0 aliphatic carbocycles. The van der Waals surface area contributed by atoms with Crippen LogP contribution in [0.1, 0.15) is 27.9 Å². The third-order valence-corrected chi connectivity index (χ3v) is 6.32. The number of benzene rings is 2. The number of hydrogen-bond acceptors (Lipinski definition) is 7. The Labute approximate surface area is 211 Å². The van der Waals surface area contributed by atoms with Crippen LogP contribution in [0.2, 0.25) is 0 Å². The maximum atomic E-state index is 12.6. The summed E-state index contributed by atoms with van der Waals surface area (Å²) in [5.41, 5.74) is 5.15. The van der Waals surface area contributed by atoms with Crippen LogP contribution in [0.4, 0.5) is 5.69 Å². The van der Waals surface area contributed by atoms with Crippen LogP contribution in [0, 0.1) is 19.8 Å². The number of methoxy groups -OCH3 is 2. The van der Waals surface area contributed by atoms with Crippen LogP contribution in [0.25, 0.3) is 0 Å². The molecule has 2 aromatic carbocycles. The first-order valence-corrected chi connectivity index (χ1v) is 11.5. The van der Waals surface area contributed by atoms with Crippen molar-refractivity contribution in [2.24, 2.45) is 5.92 Å². The highest BCUT2D eigenvalue weighted by molar-refractivity contribution is 9.10. The number of carbonyl (C=O) groups is 4. The summed E-state index contributed by atoms with van der Waals surface area (Å²) in [5.74, 6) is -2.16. The average Bonchev–Trinajstić information content (AvgIpc) is 3.20. The fourth-order valence-corrected chi connectivity index (χ4v) is 3.95. The first-order valence-electron chi connectivity index (χ1n) is 10.7. The third-order valence-electron chi connectivity index (χ3n) is 5.47. The maximum absolute atomic E-state index is 12.6. The highest BCUT2D eigenvalue weighted by atomic mass is 79.9. The summed E-state index contributed by atoms with van der Waals surface area (Å²) < 4.78 is 16.4. The normalized spacial score (nSPS) is 14.9. The number of nitrogens with one attached hydrogen (secondary N) is 2. The standard InChI is InChI=1S/C24H26BrN3O7/c1-13-8-18(14(2)7-17(13)25)26-21(29)12-35-24(32)16-10-22(30)28(11-16)27-23(31)15-5-6-19(33-3)20(9-15)34-4/h5-9,16H,10-12H2,1-4H3,(H,26,29)(H,27,31)/t16-/m0/s1. The smallest absolute Gasteiger partial charge is 0.311 e. The maximum Gasteiger partial charge on any atom is 0.311 e. The molecule has 3 amide bonds. The number of carbonyl (C=O) groups excluding carboxylic acids is 4. The second-order valence-corrected chi connectivity index (χ2v) is 8.84. The summed E-state index contributed by atoms with van der Waals surface area (Å²) in [5, 5.41) is 3.78. The van der Waals surface area contributed by atoms with E-state index in [0.29, 0.717) is 17.2 Å². The first-order chi connectivity index (χ1) is 16.6. The summed E-state index contributed by atoms with van der Waals surface area (Å²) in [6.45, 7) is 3.19. The minimum atomic E-state index is -0.808. The van der Waals surface area contributed by atoms with Gasteiger partial charge < -0.3 is 19.5 Å². The summed E-state index contributed by atoms with van der Waals surface area (Å²) in [6, 6.07) is 8.27. The molecule has 1 aliphatic heterocycles. The minimum Gasteiger partial charge on any atom is -0.493 e. The van der Waals surface area contributed by atoms with E-state index in [2.05, 4.69) is 26.7 Å². The van der Waals surface area contributed by atoms with Gasteiger partial charge in [-0.1, -0.05) is 15.9 Å². The minimum absolute atomic E-state index is 0.0661. The molecule has 0 bridgehead atoms. The van der Waals surface area contributed by atoms with Gasteiger partial charge in [-0.2, -0.15) is 0 Å². The van der Waals surface area contributed by atoms with Crippen LogP contribution in [0.3, 0.4) is 0 Å². The van der Waals surface area contributed by atoms with Gasteiger partial charge in [0.05, 0.1) is 26.7 Å². The van der Waals surface area contributed by atoms with Gasteiger partial charge in [0.1, 0.15) is 0 Å². The van der Waals surface area contributed by atoms with Crippen LogP contribution >= 0.6 is 15.9 Å². The number of aryl methyl sites for hydroxylation is 2. The number of amides is 3. The quantitative estimate of drug-likeness (QED) is 0.487. The molecule has 186 valence electrons. The Bertz CT molecular complexity index is 1170. The van der Waals surface area contributed by atoms with Gasteiger partial charge in [0.15, 0.2) is 18.1 Å². The number of halogens is 1. The van der Waals surface area contributed by atoms with E-state index in [1.54, 1.807) is 6.07 Å². The predicted octanol–water partition coefficient (Wildman–Crippen LogP) is 2.76. The van der Waals surface area contributed by atoms with Crippen LogP contribution < -0.4 is 20.2 Å². The molecular weight excluding hydrogens is 522 g/mol. The Balaban J connectivity index is 1.53. The van der Waals surface area contributed by atoms with Crippen molar-refractivity contribution in [3.05, 3.63) is 51.5 Å². The first kappa shape index (κ1) is 26.0. The number of rotatable bonds is 8. The van der Waals surface area contributed by atoms with Gasteiger partial charge in [0, 0.05) is 22.1 Å². The molecule has 1 atom stereocenters. The van der Waals surface area contributed by atoms with Crippen molar-refractivity contribution in [1.82, 2.24) is 10.4 Å². The van der Waals surface area contributed by atoms with Gasteiger partial charge in [0.2, 0.25) is 5.91 Å². The highest BCUT2D eigenvalue weighted by Gasteiger charge is 2.36. The Hall–Kier alpha value is -3.60. The second-order valence-electron chi connectivity index (χ2n) is 7.99. The van der Waals surface area contributed by atoms with Crippen molar-refractivity contribution in [2.75, 3.05) is 32.7 Å². The van der Waals surface area contributed by atoms with Crippen LogP contribution in [0.5, 0.6) is 11.5 Å². The van der Waals surface area contributed by atoms with Crippen molar-refractivity contribution >= 4 is 45.3 Å². The monoisotopic (exact) mass is 547 g/mol. The van der Waals surface area contributed by atoms with Crippen molar-refractivity contribution in [2.45, 2.75) is 20.3 Å². The van der Waals surface area contributed by atoms with E-state index in [4.69, 9.17) is 14.2 Å². The molecule has 0 aromatic heterocycles. The van der Waals surface area contributed by atoms with Crippen molar-refractivity contribution < 1.29 is 33.4 Å². The average molecular weight is 548 g/mol. The third kappa shape index (κ3) is 6.30. The van der Waals surface area contributed by atoms with Crippen molar-refractivity contribution in [3.8, 4) is 11.5 Å². The molecule has 35 heavy (non-hydrogen) atoms. The summed E-state index contributed by atoms with van der Waals surface area (Å²) in [6.07, 6.45) is -0.141. The van der Waals surface area contributed by atoms with Gasteiger partial charge in [-0.15, -0.1) is 0 Å². The van der Waals surface area contributed by atoms with E-state index in [1.807, 2.05) is 26.0 Å². The van der Waals surface area contributed by atoms with Gasteiger partial charge in [-0.05, 0) is 55.3 Å². The molecule has 0 unspecified atom stereocenters. The molecule has 1 saturated heterocycles. The van der Waals surface area contributed by atoms with Gasteiger partial charge in [-0.3, -0.25) is 29.6 Å². The molecule has 2 N–H and O–H groups in total. The number of ether oxygens (including phenoxy) is 3. The van der Waals surface area contributed by atoms with Crippen molar-refractivity contribution in [3.63, 3.8) is 0 Å². The van der Waals surface area contributed by atoms with Gasteiger partial charge >= 0.3 is 5.97 Å². The fourth-order valence-electron chi connectivity index (χ4n) is 3.49. The summed E-state index contributed by atoms with van der Waals surface area (Å²) >= 11 is 3.43. The lowest BCUT2D eigenvalue weighted by molar-refractivity contribution is -0.151. The molecule has 3 rings (SSSR count). The van der Waals surface area contributed by atoms with Crippen LogP contribution in [0.15, 0.2) is 34.8 Å². The molecule has 1 fully saturated rings. The van der Waals surface area contributed by atoms with E-state index in [-0.39, 0.29) is 18.5 Å². The number of esters is 1. The molecule has 1 heterocycles. The lowest BCUT2D eigenvalue weighted by atomic mass is 10.1. The van der Waals surface area contributed by atoms with Crippen LogP contribution in [-0.2, 0) is 19.1 Å². The molecule has 2 aromatic rings. The SMILES string of the molecule is COc1ccc(C(=O)NN2C[C@@H](C(=O)OCC(=O)Nc3cc(C)c(Br)cc3C)CC2=O)cc1OC. The highest BCUT2D eigenvalue weighted by Crippen LogP contribution is 2.28. The Morgan fingerprint density at radius 1 is 1.06 bits per heavy atom. The Kier molecular flexibility index (Phi) is 8.34. The number of hydrogen-bond donors (Lipinski definition) is 2. The molecular formula is C24H26BrN3O7. The molecule has 1 aliphatic rings. The lowest BCUT2D eigenvalue weighted by Crippen LogP contribution is -2.43. The number of nitrogens with zero attached hydrogens (tertiary/aromatic N) is 1. The lowest BCUT2D eigenvalue weighted by Gasteiger charge is -2.18. The van der Waals surface area contributed by atoms with Crippen LogP contribution in [-0.4, -0.2) is 56.1 Å². The predicted molar refractivity (Wildman–Crippen MR) is 130 cm³/mol. The van der Waals surface area contributed by atoms with Gasteiger partial charge in [0.25, 0.3) is 11.8 Å². The van der Waals surface area contributed by atoms with E-state index >= 15 is 0 Å². The fraction of sp³-hybridized carbons (Fsp3) is 0.333. The van der Waals surface area contributed by atoms with E-state index in [9.17, 15) is 19.2 Å². The van der Waals surface area contributed by atoms with Gasteiger partial charge in [-0.25, -0.2) is 0 Å². The largest absolute Gasteiger partial charge is 0.493 e. The zero-order chi connectivity index (χ0) is 25.7. The van der Waals surface area contributed by atoms with E-state index in [1.165, 1.54) is 26.4 Å². The number of hydrazine groups is 1. The van der Waals surface area contributed by atoms with Crippen molar-refractivity contribution in [1.29, 1.82) is 0 Å². The molecule has 0 saturated carbocycles. The number of anilines is 1. The Morgan fingerprint density at radius 2 is 1.77 bits per heavy atom. The van der Waals surface area contributed by atoms with E-state index in [0.717, 1.165) is 20.6 Å². The molecule has 0 radical (unpaired) electrons. The Morgan fingerprint density at radius 3 is 2.46 bits per heavy atom. The second kappa shape index (κ2) is 11.2. The van der Waals surface area contributed by atoms with E-state index < -0.39 is 36.2 Å². The summed E-state index contributed by atoms with van der Waals surface area (Å²) in [4.78, 5) is 49.6. The summed E-state index contributed by atoms with van der Waals surface area (Å²) in [7, 11) is 2.92. The molecule has 10 nitrogen and oxygen atoms in total. The zero-order valence-corrected chi connectivity index (χ0v) is 21.4. The molecule has 0 spiro atoms.